The lowest BCUT2D eigenvalue weighted by Gasteiger charge is -2.32. The van der Waals surface area contributed by atoms with Crippen LogP contribution in [0.3, 0.4) is 0 Å². The number of benzene rings is 1. The summed E-state index contributed by atoms with van der Waals surface area (Å²) in [5, 5.41) is 3.01. The third-order valence-corrected chi connectivity index (χ3v) is 3.31. The number of carbonyl (C=O) groups excluding carboxylic acids is 1. The Morgan fingerprint density at radius 1 is 1.29 bits per heavy atom. The molecule has 1 aliphatic heterocycles. The van der Waals surface area contributed by atoms with Crippen molar-refractivity contribution in [3.8, 4) is 0 Å². The molecule has 2 rings (SSSR count). The molecule has 0 aliphatic carbocycles. The Morgan fingerprint density at radius 3 is 2.35 bits per heavy atom. The van der Waals surface area contributed by atoms with Crippen LogP contribution in [0.15, 0.2) is 24.3 Å². The zero-order valence-electron chi connectivity index (χ0n) is 10.6. The van der Waals surface area contributed by atoms with Gasteiger partial charge in [-0.2, -0.15) is 0 Å². The van der Waals surface area contributed by atoms with Crippen molar-refractivity contribution in [1.29, 1.82) is 0 Å². The minimum Gasteiger partial charge on any atom is -0.377 e. The van der Waals surface area contributed by atoms with Crippen LogP contribution in [0.4, 0.5) is 0 Å². The Bertz CT molecular complexity index is 405. The van der Waals surface area contributed by atoms with Gasteiger partial charge >= 0.3 is 0 Å². The third kappa shape index (κ3) is 2.50. The molecule has 1 saturated heterocycles. The maximum atomic E-state index is 12.2. The molecule has 3 nitrogen and oxygen atoms in total. The van der Waals surface area contributed by atoms with Crippen LogP contribution in [-0.4, -0.2) is 25.2 Å². The van der Waals surface area contributed by atoms with Crippen LogP contribution in [-0.2, 0) is 14.9 Å². The van der Waals surface area contributed by atoms with Crippen LogP contribution < -0.4 is 5.32 Å². The minimum absolute atomic E-state index is 0.0645. The summed E-state index contributed by atoms with van der Waals surface area (Å²) < 4.78 is 5.06. The first kappa shape index (κ1) is 12.1. The second-order valence-corrected chi connectivity index (χ2v) is 5.20. The lowest BCUT2D eigenvalue weighted by molar-refractivity contribution is -0.129. The second kappa shape index (κ2) is 4.49. The molecule has 1 amide bonds. The van der Waals surface area contributed by atoms with Crippen LogP contribution in [0, 0.1) is 6.92 Å². The number of amides is 1. The van der Waals surface area contributed by atoms with Gasteiger partial charge in [0.1, 0.15) is 0 Å². The van der Waals surface area contributed by atoms with Gasteiger partial charge in [-0.25, -0.2) is 0 Å². The Hall–Kier alpha value is -1.35. The van der Waals surface area contributed by atoms with Gasteiger partial charge in [-0.15, -0.1) is 0 Å². The van der Waals surface area contributed by atoms with Crippen molar-refractivity contribution in [3.05, 3.63) is 35.4 Å². The van der Waals surface area contributed by atoms with Crippen molar-refractivity contribution in [1.82, 2.24) is 5.32 Å². The van der Waals surface area contributed by atoms with Crippen LogP contribution >= 0.6 is 0 Å². The molecule has 17 heavy (non-hydrogen) atoms. The van der Waals surface area contributed by atoms with E-state index in [0.717, 1.165) is 5.56 Å². The summed E-state index contributed by atoms with van der Waals surface area (Å²) in [5.41, 5.74) is 1.75. The Morgan fingerprint density at radius 2 is 1.88 bits per heavy atom. The molecule has 3 heteroatoms. The van der Waals surface area contributed by atoms with Gasteiger partial charge in [0.25, 0.3) is 0 Å². The van der Waals surface area contributed by atoms with Crippen molar-refractivity contribution in [2.24, 2.45) is 0 Å². The van der Waals surface area contributed by atoms with Crippen molar-refractivity contribution in [2.45, 2.75) is 32.2 Å². The van der Waals surface area contributed by atoms with E-state index in [-0.39, 0.29) is 11.9 Å². The predicted octanol–water partition coefficient (Wildman–Crippen LogP) is 1.79. The molecule has 0 saturated carbocycles. The highest BCUT2D eigenvalue weighted by Crippen LogP contribution is 2.24. The topological polar surface area (TPSA) is 38.3 Å². The average Bonchev–Trinajstić information content (AvgIpc) is 2.23. The van der Waals surface area contributed by atoms with E-state index >= 15 is 0 Å². The van der Waals surface area contributed by atoms with E-state index in [1.165, 1.54) is 5.56 Å². The predicted molar refractivity (Wildman–Crippen MR) is 67.0 cm³/mol. The fourth-order valence-electron chi connectivity index (χ4n) is 1.79. The van der Waals surface area contributed by atoms with Gasteiger partial charge in [-0.3, -0.25) is 4.79 Å². The first-order valence-corrected chi connectivity index (χ1v) is 5.96. The number of hydrogen-bond acceptors (Lipinski definition) is 2. The maximum absolute atomic E-state index is 12.2. The number of aryl methyl sites for hydroxylation is 1. The quantitative estimate of drug-likeness (QED) is 0.864. The molecule has 0 atom stereocenters. The highest BCUT2D eigenvalue weighted by Gasteiger charge is 2.32. The lowest BCUT2D eigenvalue weighted by Crippen LogP contribution is -2.53. The van der Waals surface area contributed by atoms with Crippen molar-refractivity contribution >= 4 is 5.91 Å². The standard InChI is InChI=1S/C14H19NO2/c1-10-4-6-11(7-5-10)14(2,3)13(16)15-12-8-17-9-12/h4-7,12H,8-9H2,1-3H3,(H,15,16). The summed E-state index contributed by atoms with van der Waals surface area (Å²) in [6, 6.07) is 8.30. The van der Waals surface area contributed by atoms with Crippen LogP contribution in [0.25, 0.3) is 0 Å². The summed E-state index contributed by atoms with van der Waals surface area (Å²) in [6.07, 6.45) is 0. The Balaban J connectivity index is 2.10. The van der Waals surface area contributed by atoms with E-state index in [1.807, 2.05) is 45.0 Å². The number of rotatable bonds is 3. The van der Waals surface area contributed by atoms with Gasteiger partial charge in [0.05, 0.1) is 24.7 Å². The molecule has 0 radical (unpaired) electrons. The number of hydrogen-bond donors (Lipinski definition) is 1. The number of nitrogens with one attached hydrogen (secondary N) is 1. The van der Waals surface area contributed by atoms with Gasteiger partial charge in [0, 0.05) is 0 Å². The van der Waals surface area contributed by atoms with Crippen LogP contribution in [0.1, 0.15) is 25.0 Å². The van der Waals surface area contributed by atoms with E-state index in [2.05, 4.69) is 5.32 Å². The maximum Gasteiger partial charge on any atom is 0.230 e. The molecule has 1 N–H and O–H groups in total. The van der Waals surface area contributed by atoms with Crippen LogP contribution in [0.5, 0.6) is 0 Å². The molecule has 0 unspecified atom stereocenters. The van der Waals surface area contributed by atoms with Gasteiger partial charge < -0.3 is 10.1 Å². The zero-order chi connectivity index (χ0) is 12.5. The second-order valence-electron chi connectivity index (χ2n) is 5.20. The third-order valence-electron chi connectivity index (χ3n) is 3.31. The van der Waals surface area contributed by atoms with Gasteiger partial charge in [0.2, 0.25) is 5.91 Å². The smallest absolute Gasteiger partial charge is 0.230 e. The normalized spacial score (nSPS) is 16.4. The van der Waals surface area contributed by atoms with E-state index in [4.69, 9.17) is 4.74 Å². The summed E-state index contributed by atoms with van der Waals surface area (Å²) in [4.78, 5) is 12.2. The molecule has 1 aromatic rings. The molecule has 1 aliphatic rings. The first-order chi connectivity index (χ1) is 8.00. The SMILES string of the molecule is Cc1ccc(C(C)(C)C(=O)NC2COC2)cc1. The highest BCUT2D eigenvalue weighted by atomic mass is 16.5. The van der Waals surface area contributed by atoms with E-state index in [9.17, 15) is 4.79 Å². The zero-order valence-corrected chi connectivity index (χ0v) is 10.6. The Kier molecular flexibility index (Phi) is 3.20. The number of ether oxygens (including phenoxy) is 1. The molecule has 0 bridgehead atoms. The molecule has 92 valence electrons. The summed E-state index contributed by atoms with van der Waals surface area (Å²) in [5.74, 6) is 0.0645. The van der Waals surface area contributed by atoms with Gasteiger partial charge in [-0.05, 0) is 26.3 Å². The molecule has 0 spiro atoms. The Labute approximate surface area is 102 Å². The van der Waals surface area contributed by atoms with Crippen LogP contribution in [0.2, 0.25) is 0 Å². The van der Waals surface area contributed by atoms with E-state index < -0.39 is 5.41 Å². The molecular formula is C14H19NO2. The van der Waals surface area contributed by atoms with Gasteiger partial charge in [-0.1, -0.05) is 29.8 Å². The lowest BCUT2D eigenvalue weighted by atomic mass is 9.83. The van der Waals surface area contributed by atoms with E-state index in [0.29, 0.717) is 13.2 Å². The molecular weight excluding hydrogens is 214 g/mol. The summed E-state index contributed by atoms with van der Waals surface area (Å²) in [6.45, 7) is 7.22. The minimum atomic E-state index is -0.497. The summed E-state index contributed by atoms with van der Waals surface area (Å²) in [7, 11) is 0. The molecule has 1 aromatic carbocycles. The monoisotopic (exact) mass is 233 g/mol. The summed E-state index contributed by atoms with van der Waals surface area (Å²) >= 11 is 0. The molecule has 1 heterocycles. The fraction of sp³-hybridized carbons (Fsp3) is 0.500. The first-order valence-electron chi connectivity index (χ1n) is 5.96. The fourth-order valence-corrected chi connectivity index (χ4v) is 1.79. The van der Waals surface area contributed by atoms with Gasteiger partial charge in [0.15, 0.2) is 0 Å². The highest BCUT2D eigenvalue weighted by molar-refractivity contribution is 5.87. The van der Waals surface area contributed by atoms with Crippen molar-refractivity contribution in [2.75, 3.05) is 13.2 Å². The van der Waals surface area contributed by atoms with Crippen molar-refractivity contribution < 1.29 is 9.53 Å². The largest absolute Gasteiger partial charge is 0.377 e. The molecule has 1 fully saturated rings. The number of carbonyl (C=O) groups is 1. The average molecular weight is 233 g/mol. The molecule has 0 aromatic heterocycles. The van der Waals surface area contributed by atoms with Crippen molar-refractivity contribution in [3.63, 3.8) is 0 Å². The van der Waals surface area contributed by atoms with E-state index in [1.54, 1.807) is 0 Å².